The van der Waals surface area contributed by atoms with E-state index in [1.807, 2.05) is 0 Å². The molecule has 5 heteroatoms. The summed E-state index contributed by atoms with van der Waals surface area (Å²) in [6, 6.07) is 1.69. The number of carboxylic acid groups (broad SMARTS) is 1. The van der Waals surface area contributed by atoms with E-state index in [-0.39, 0.29) is 0 Å². The number of amides is 1. The molecule has 0 radical (unpaired) electrons. The van der Waals surface area contributed by atoms with Crippen LogP contribution in [0.2, 0.25) is 0 Å². The molecular formula is C10H12N2O3. The molecule has 0 aromatic carbocycles. The molecule has 1 aromatic heterocycles. The van der Waals surface area contributed by atoms with E-state index in [2.05, 4.69) is 10.3 Å². The summed E-state index contributed by atoms with van der Waals surface area (Å²) in [5.74, 6) is -1.44. The van der Waals surface area contributed by atoms with Crippen LogP contribution < -0.4 is 5.32 Å². The summed E-state index contributed by atoms with van der Waals surface area (Å²) >= 11 is 0. The maximum Gasteiger partial charge on any atom is 0.319 e. The van der Waals surface area contributed by atoms with Crippen molar-refractivity contribution in [1.82, 2.24) is 4.98 Å². The Kier molecular flexibility index (Phi) is 2.22. The molecule has 1 aliphatic carbocycles. The SMILES string of the molecule is O=C(O)C1(C(=O)Nc2cc[nH]c2)CCC1. The zero-order valence-electron chi connectivity index (χ0n) is 8.12. The van der Waals surface area contributed by atoms with Crippen LogP contribution in [0.1, 0.15) is 19.3 Å². The Hall–Kier alpha value is -1.78. The monoisotopic (exact) mass is 208 g/mol. The number of aliphatic carboxylic acids is 1. The highest BCUT2D eigenvalue weighted by Crippen LogP contribution is 2.42. The molecule has 80 valence electrons. The van der Waals surface area contributed by atoms with Gasteiger partial charge in [0.2, 0.25) is 5.91 Å². The lowest BCUT2D eigenvalue weighted by molar-refractivity contribution is -0.159. The van der Waals surface area contributed by atoms with Crippen LogP contribution in [0.3, 0.4) is 0 Å². The highest BCUT2D eigenvalue weighted by molar-refractivity contribution is 6.09. The lowest BCUT2D eigenvalue weighted by atomic mass is 9.68. The number of H-pyrrole nitrogens is 1. The molecule has 1 aromatic rings. The van der Waals surface area contributed by atoms with Crippen LogP contribution in [0.4, 0.5) is 5.69 Å². The van der Waals surface area contributed by atoms with Crippen molar-refractivity contribution in [2.45, 2.75) is 19.3 Å². The number of anilines is 1. The molecule has 15 heavy (non-hydrogen) atoms. The number of aromatic amines is 1. The summed E-state index contributed by atoms with van der Waals surface area (Å²) in [6.45, 7) is 0. The average molecular weight is 208 g/mol. The zero-order chi connectivity index (χ0) is 10.9. The largest absolute Gasteiger partial charge is 0.480 e. The van der Waals surface area contributed by atoms with E-state index in [1.54, 1.807) is 18.5 Å². The molecule has 1 aliphatic rings. The number of carbonyl (C=O) groups excluding carboxylic acids is 1. The normalized spacial score (nSPS) is 17.9. The first-order valence-electron chi connectivity index (χ1n) is 4.83. The summed E-state index contributed by atoms with van der Waals surface area (Å²) in [5, 5.41) is 11.6. The summed E-state index contributed by atoms with van der Waals surface area (Å²) in [4.78, 5) is 25.5. The van der Waals surface area contributed by atoms with Gasteiger partial charge in [0.05, 0.1) is 5.69 Å². The first-order valence-corrected chi connectivity index (χ1v) is 4.83. The van der Waals surface area contributed by atoms with Crippen molar-refractivity contribution in [1.29, 1.82) is 0 Å². The lowest BCUT2D eigenvalue weighted by Gasteiger charge is -2.35. The number of carbonyl (C=O) groups is 2. The standard InChI is InChI=1S/C10H12N2O3/c13-8(12-7-2-5-11-6-7)10(9(14)15)3-1-4-10/h2,5-6,11H,1,3-4H2,(H,12,13)(H,14,15). The van der Waals surface area contributed by atoms with Gasteiger partial charge in [0.15, 0.2) is 0 Å². The second kappa shape index (κ2) is 3.42. The number of nitrogens with one attached hydrogen (secondary N) is 2. The third-order valence-electron chi connectivity index (χ3n) is 2.91. The van der Waals surface area contributed by atoms with E-state index in [0.29, 0.717) is 18.5 Å². The van der Waals surface area contributed by atoms with E-state index >= 15 is 0 Å². The van der Waals surface area contributed by atoms with Crippen LogP contribution in [0.5, 0.6) is 0 Å². The highest BCUT2D eigenvalue weighted by Gasteiger charge is 2.51. The molecule has 0 bridgehead atoms. The van der Waals surface area contributed by atoms with Crippen LogP contribution in [0, 0.1) is 5.41 Å². The van der Waals surface area contributed by atoms with Crippen molar-refractivity contribution in [2.24, 2.45) is 5.41 Å². The van der Waals surface area contributed by atoms with Crippen LogP contribution in [-0.2, 0) is 9.59 Å². The third-order valence-corrected chi connectivity index (χ3v) is 2.91. The molecule has 0 atom stereocenters. The molecule has 0 saturated heterocycles. The predicted molar refractivity (Wildman–Crippen MR) is 53.3 cm³/mol. The van der Waals surface area contributed by atoms with Gasteiger partial charge < -0.3 is 15.4 Å². The smallest absolute Gasteiger partial charge is 0.319 e. The van der Waals surface area contributed by atoms with Gasteiger partial charge in [-0.05, 0) is 18.9 Å². The van der Waals surface area contributed by atoms with Gasteiger partial charge in [-0.3, -0.25) is 9.59 Å². The number of hydrogen-bond acceptors (Lipinski definition) is 2. The molecule has 1 heterocycles. The molecular weight excluding hydrogens is 196 g/mol. The maximum atomic E-state index is 11.8. The Morgan fingerprint density at radius 1 is 1.47 bits per heavy atom. The summed E-state index contributed by atoms with van der Waals surface area (Å²) < 4.78 is 0. The van der Waals surface area contributed by atoms with E-state index in [1.165, 1.54) is 0 Å². The fraction of sp³-hybridized carbons (Fsp3) is 0.400. The Labute approximate surface area is 86.5 Å². The molecule has 0 aliphatic heterocycles. The van der Waals surface area contributed by atoms with Crippen molar-refractivity contribution in [3.05, 3.63) is 18.5 Å². The number of carboxylic acids is 1. The molecule has 0 spiro atoms. The van der Waals surface area contributed by atoms with Crippen LogP contribution in [0.15, 0.2) is 18.5 Å². The van der Waals surface area contributed by atoms with Gasteiger partial charge in [0.25, 0.3) is 0 Å². The van der Waals surface area contributed by atoms with E-state index in [0.717, 1.165) is 6.42 Å². The zero-order valence-corrected chi connectivity index (χ0v) is 8.12. The fourth-order valence-electron chi connectivity index (χ4n) is 1.72. The maximum absolute atomic E-state index is 11.8. The topological polar surface area (TPSA) is 82.2 Å². The molecule has 1 fully saturated rings. The molecule has 1 amide bonds. The van der Waals surface area contributed by atoms with Crippen molar-refractivity contribution in [3.8, 4) is 0 Å². The Morgan fingerprint density at radius 3 is 2.60 bits per heavy atom. The van der Waals surface area contributed by atoms with Crippen molar-refractivity contribution >= 4 is 17.6 Å². The van der Waals surface area contributed by atoms with E-state index in [4.69, 9.17) is 5.11 Å². The van der Waals surface area contributed by atoms with Crippen molar-refractivity contribution in [2.75, 3.05) is 5.32 Å². The quantitative estimate of drug-likeness (QED) is 0.653. The van der Waals surface area contributed by atoms with Gasteiger partial charge in [0.1, 0.15) is 5.41 Å². The van der Waals surface area contributed by atoms with Gasteiger partial charge in [-0.25, -0.2) is 0 Å². The number of hydrogen-bond donors (Lipinski definition) is 3. The Bertz CT molecular complexity index is 379. The Balaban J connectivity index is 2.10. The van der Waals surface area contributed by atoms with Gasteiger partial charge in [-0.15, -0.1) is 0 Å². The minimum atomic E-state index is -1.20. The highest BCUT2D eigenvalue weighted by atomic mass is 16.4. The van der Waals surface area contributed by atoms with Crippen LogP contribution in [-0.4, -0.2) is 22.0 Å². The summed E-state index contributed by atoms with van der Waals surface area (Å²) in [5.41, 5.74) is -0.593. The second-order valence-corrected chi connectivity index (χ2v) is 3.79. The van der Waals surface area contributed by atoms with Crippen molar-refractivity contribution in [3.63, 3.8) is 0 Å². The third kappa shape index (κ3) is 1.49. The van der Waals surface area contributed by atoms with Gasteiger partial charge in [-0.1, -0.05) is 6.42 Å². The van der Waals surface area contributed by atoms with Gasteiger partial charge >= 0.3 is 5.97 Å². The number of rotatable bonds is 3. The number of aromatic nitrogens is 1. The van der Waals surface area contributed by atoms with Crippen LogP contribution in [0.25, 0.3) is 0 Å². The van der Waals surface area contributed by atoms with Crippen LogP contribution >= 0.6 is 0 Å². The predicted octanol–water partition coefficient (Wildman–Crippen LogP) is 1.21. The second-order valence-electron chi connectivity index (χ2n) is 3.79. The molecule has 5 nitrogen and oxygen atoms in total. The average Bonchev–Trinajstić information content (AvgIpc) is 2.53. The van der Waals surface area contributed by atoms with Gasteiger partial charge in [-0.2, -0.15) is 0 Å². The minimum absolute atomic E-state index is 0.416. The molecule has 1 saturated carbocycles. The van der Waals surface area contributed by atoms with E-state index < -0.39 is 17.3 Å². The van der Waals surface area contributed by atoms with E-state index in [9.17, 15) is 9.59 Å². The van der Waals surface area contributed by atoms with Crippen molar-refractivity contribution < 1.29 is 14.7 Å². The summed E-state index contributed by atoms with van der Waals surface area (Å²) in [7, 11) is 0. The lowest BCUT2D eigenvalue weighted by Crippen LogP contribution is -2.48. The minimum Gasteiger partial charge on any atom is -0.480 e. The summed E-state index contributed by atoms with van der Waals surface area (Å²) in [6.07, 6.45) is 4.94. The molecule has 2 rings (SSSR count). The Morgan fingerprint density at radius 2 is 2.20 bits per heavy atom. The fourth-order valence-corrected chi connectivity index (χ4v) is 1.72. The first-order chi connectivity index (χ1) is 7.15. The first kappa shape index (κ1) is 9.76. The molecule has 3 N–H and O–H groups in total. The molecule has 0 unspecified atom stereocenters. The van der Waals surface area contributed by atoms with Gasteiger partial charge in [0, 0.05) is 12.4 Å².